The highest BCUT2D eigenvalue weighted by atomic mass is 16.5. The van der Waals surface area contributed by atoms with Crippen LogP contribution in [0.25, 0.3) is 0 Å². The lowest BCUT2D eigenvalue weighted by Gasteiger charge is -2.30. The smallest absolute Gasteiger partial charge is 0.124 e. The zero-order valence-corrected chi connectivity index (χ0v) is 16.0. The van der Waals surface area contributed by atoms with Crippen LogP contribution in [0.3, 0.4) is 0 Å². The third kappa shape index (κ3) is 3.67. The van der Waals surface area contributed by atoms with Crippen molar-refractivity contribution in [1.82, 2.24) is 5.32 Å². The Morgan fingerprint density at radius 1 is 1.08 bits per heavy atom. The average Bonchev–Trinajstić information content (AvgIpc) is 2.60. The summed E-state index contributed by atoms with van der Waals surface area (Å²) in [5.41, 5.74) is 5.32. The maximum absolute atomic E-state index is 5.68. The van der Waals surface area contributed by atoms with E-state index in [1.165, 1.54) is 22.3 Å². The topological polar surface area (TPSA) is 30.5 Å². The van der Waals surface area contributed by atoms with Crippen LogP contribution in [-0.4, -0.2) is 20.3 Å². The van der Waals surface area contributed by atoms with E-state index in [1.807, 2.05) is 6.92 Å². The van der Waals surface area contributed by atoms with Gasteiger partial charge in [0.2, 0.25) is 0 Å². The molecule has 3 rings (SSSR count). The van der Waals surface area contributed by atoms with Crippen molar-refractivity contribution < 1.29 is 9.47 Å². The van der Waals surface area contributed by atoms with Crippen molar-refractivity contribution in [2.24, 2.45) is 0 Å². The fraction of sp³-hybridized carbons (Fsp3) is 0.455. The number of methoxy groups -OCH3 is 1. The molecule has 3 nitrogen and oxygen atoms in total. The summed E-state index contributed by atoms with van der Waals surface area (Å²) >= 11 is 0. The third-order valence-electron chi connectivity index (χ3n) is 4.89. The van der Waals surface area contributed by atoms with Crippen LogP contribution in [0, 0.1) is 0 Å². The first kappa shape index (κ1) is 17.8. The number of hydrogen-bond donors (Lipinski definition) is 1. The van der Waals surface area contributed by atoms with Gasteiger partial charge >= 0.3 is 0 Å². The van der Waals surface area contributed by atoms with Crippen LogP contribution in [0.5, 0.6) is 11.5 Å². The zero-order valence-electron chi connectivity index (χ0n) is 16.0. The molecule has 0 aliphatic carbocycles. The van der Waals surface area contributed by atoms with E-state index >= 15 is 0 Å². The van der Waals surface area contributed by atoms with Crippen LogP contribution in [0.4, 0.5) is 0 Å². The Bertz CT molecular complexity index is 746. The van der Waals surface area contributed by atoms with Crippen molar-refractivity contribution in [3.8, 4) is 11.5 Å². The molecule has 2 aromatic rings. The fourth-order valence-corrected chi connectivity index (χ4v) is 3.50. The van der Waals surface area contributed by atoms with Gasteiger partial charge in [-0.1, -0.05) is 32.9 Å². The molecule has 134 valence electrons. The summed E-state index contributed by atoms with van der Waals surface area (Å²) in [7, 11) is 1.75. The molecule has 0 saturated carbocycles. The van der Waals surface area contributed by atoms with Gasteiger partial charge in [-0.25, -0.2) is 0 Å². The van der Waals surface area contributed by atoms with Crippen molar-refractivity contribution >= 4 is 0 Å². The molecule has 1 heterocycles. The standard InChI is InChI=1S/C22H29NO2/c1-6-25-17-8-9-18-15(13-17)11-12-23-21(18)19-14-16(22(2,3)4)7-10-20(19)24-5/h7-10,13-14,21,23H,6,11-12H2,1-5H3. The Labute approximate surface area is 151 Å². The summed E-state index contributed by atoms with van der Waals surface area (Å²) in [5, 5.41) is 3.68. The first-order chi connectivity index (χ1) is 11.9. The summed E-state index contributed by atoms with van der Waals surface area (Å²) in [6, 6.07) is 13.2. The highest BCUT2D eigenvalue weighted by molar-refractivity contribution is 5.49. The molecule has 0 radical (unpaired) electrons. The van der Waals surface area contributed by atoms with Gasteiger partial charge in [0.05, 0.1) is 19.8 Å². The van der Waals surface area contributed by atoms with Crippen molar-refractivity contribution in [2.75, 3.05) is 20.3 Å². The van der Waals surface area contributed by atoms with Crippen LogP contribution >= 0.6 is 0 Å². The van der Waals surface area contributed by atoms with Gasteiger partial charge in [0, 0.05) is 12.1 Å². The van der Waals surface area contributed by atoms with Crippen molar-refractivity contribution in [3.63, 3.8) is 0 Å². The third-order valence-corrected chi connectivity index (χ3v) is 4.89. The Morgan fingerprint density at radius 3 is 2.56 bits per heavy atom. The number of rotatable bonds is 4. The Balaban J connectivity index is 2.06. The van der Waals surface area contributed by atoms with Crippen molar-refractivity contribution in [1.29, 1.82) is 0 Å². The molecule has 1 aliphatic rings. The van der Waals surface area contributed by atoms with Crippen LogP contribution in [-0.2, 0) is 11.8 Å². The zero-order chi connectivity index (χ0) is 18.0. The van der Waals surface area contributed by atoms with E-state index in [1.54, 1.807) is 7.11 Å². The summed E-state index contributed by atoms with van der Waals surface area (Å²) in [6.45, 7) is 10.4. The van der Waals surface area contributed by atoms with Gasteiger partial charge in [0.15, 0.2) is 0 Å². The number of fused-ring (bicyclic) bond motifs is 1. The normalized spacial score (nSPS) is 17.1. The van der Waals surface area contributed by atoms with E-state index in [0.717, 1.165) is 24.5 Å². The molecule has 25 heavy (non-hydrogen) atoms. The highest BCUT2D eigenvalue weighted by Gasteiger charge is 2.26. The quantitative estimate of drug-likeness (QED) is 0.881. The Kier molecular flexibility index (Phi) is 5.05. The molecule has 3 heteroatoms. The molecule has 0 bridgehead atoms. The molecule has 0 spiro atoms. The Morgan fingerprint density at radius 2 is 1.88 bits per heavy atom. The molecule has 1 atom stereocenters. The number of hydrogen-bond acceptors (Lipinski definition) is 3. The molecule has 2 aromatic carbocycles. The second kappa shape index (κ2) is 7.09. The monoisotopic (exact) mass is 339 g/mol. The molecule has 0 amide bonds. The molecule has 0 saturated heterocycles. The van der Waals surface area contributed by atoms with Gasteiger partial charge in [-0.15, -0.1) is 0 Å². The summed E-state index contributed by atoms with van der Waals surface area (Å²) in [6.07, 6.45) is 1.02. The second-order valence-corrected chi connectivity index (χ2v) is 7.64. The van der Waals surface area contributed by atoms with Crippen molar-refractivity contribution in [2.45, 2.75) is 45.6 Å². The Hall–Kier alpha value is -2.00. The first-order valence-corrected chi connectivity index (χ1v) is 9.11. The van der Waals surface area contributed by atoms with E-state index in [0.29, 0.717) is 6.61 Å². The number of ether oxygens (including phenoxy) is 2. The lowest BCUT2D eigenvalue weighted by atomic mass is 9.83. The summed E-state index contributed by atoms with van der Waals surface area (Å²) < 4.78 is 11.4. The summed E-state index contributed by atoms with van der Waals surface area (Å²) in [5.74, 6) is 1.89. The van der Waals surface area contributed by atoms with Crippen LogP contribution in [0.15, 0.2) is 36.4 Å². The molecule has 1 unspecified atom stereocenters. The lowest BCUT2D eigenvalue weighted by Crippen LogP contribution is -2.31. The SMILES string of the molecule is CCOc1ccc2c(c1)CCNC2c1cc(C(C)(C)C)ccc1OC. The molecule has 1 N–H and O–H groups in total. The van der Waals surface area contributed by atoms with Gasteiger partial charge in [-0.05, 0) is 59.7 Å². The molecule has 0 fully saturated rings. The van der Waals surface area contributed by atoms with Gasteiger partial charge in [-0.2, -0.15) is 0 Å². The average molecular weight is 339 g/mol. The maximum atomic E-state index is 5.68. The minimum atomic E-state index is 0.108. The van der Waals surface area contributed by atoms with E-state index in [4.69, 9.17) is 9.47 Å². The minimum Gasteiger partial charge on any atom is -0.496 e. The predicted octanol–water partition coefficient (Wildman–Crippen LogP) is 4.63. The maximum Gasteiger partial charge on any atom is 0.124 e. The van der Waals surface area contributed by atoms with Gasteiger partial charge < -0.3 is 14.8 Å². The fourth-order valence-electron chi connectivity index (χ4n) is 3.50. The predicted molar refractivity (Wildman–Crippen MR) is 103 cm³/mol. The first-order valence-electron chi connectivity index (χ1n) is 9.11. The molecular formula is C22H29NO2. The van der Waals surface area contributed by atoms with E-state index in [-0.39, 0.29) is 11.5 Å². The van der Waals surface area contributed by atoms with Gasteiger partial charge in [0.25, 0.3) is 0 Å². The van der Waals surface area contributed by atoms with E-state index < -0.39 is 0 Å². The minimum absolute atomic E-state index is 0.108. The molecule has 0 aromatic heterocycles. The van der Waals surface area contributed by atoms with Crippen LogP contribution in [0.1, 0.15) is 56.0 Å². The largest absolute Gasteiger partial charge is 0.496 e. The van der Waals surface area contributed by atoms with Crippen molar-refractivity contribution in [3.05, 3.63) is 58.7 Å². The van der Waals surface area contributed by atoms with E-state index in [2.05, 4.69) is 62.5 Å². The number of benzene rings is 2. The van der Waals surface area contributed by atoms with Gasteiger partial charge in [-0.3, -0.25) is 0 Å². The molecule has 1 aliphatic heterocycles. The second-order valence-electron chi connectivity index (χ2n) is 7.64. The molecular weight excluding hydrogens is 310 g/mol. The van der Waals surface area contributed by atoms with Crippen LogP contribution in [0.2, 0.25) is 0 Å². The van der Waals surface area contributed by atoms with E-state index in [9.17, 15) is 0 Å². The van der Waals surface area contributed by atoms with Crippen LogP contribution < -0.4 is 14.8 Å². The number of nitrogens with one attached hydrogen (secondary N) is 1. The summed E-state index contributed by atoms with van der Waals surface area (Å²) in [4.78, 5) is 0. The van der Waals surface area contributed by atoms with Gasteiger partial charge in [0.1, 0.15) is 11.5 Å². The highest BCUT2D eigenvalue weighted by Crippen LogP contribution is 2.37. The lowest BCUT2D eigenvalue weighted by molar-refractivity contribution is 0.339.